The second kappa shape index (κ2) is 10.6. The molecule has 0 aromatic heterocycles. The van der Waals surface area contributed by atoms with Crippen molar-refractivity contribution in [1.82, 2.24) is 9.62 Å². The van der Waals surface area contributed by atoms with Crippen molar-refractivity contribution in [2.24, 2.45) is 5.92 Å². The standard InChI is InChI=1S/C23H30N2O5S/c1-18(16-30-22-10-8-21(29-2)9-11-22)24-23(26)20-12-14-25(15-13-20)31(27,28)17-19-6-4-3-5-7-19/h3-11,18,20H,12-17H2,1-2H3,(H,24,26)/t18-/m1/s1. The molecule has 1 aliphatic rings. The molecule has 8 heteroatoms. The Kier molecular flexibility index (Phi) is 7.92. The monoisotopic (exact) mass is 446 g/mol. The highest BCUT2D eigenvalue weighted by Crippen LogP contribution is 2.22. The smallest absolute Gasteiger partial charge is 0.223 e. The van der Waals surface area contributed by atoms with Crippen molar-refractivity contribution in [3.05, 3.63) is 60.2 Å². The van der Waals surface area contributed by atoms with Crippen LogP contribution in [-0.2, 0) is 20.6 Å². The highest BCUT2D eigenvalue weighted by molar-refractivity contribution is 7.88. The lowest BCUT2D eigenvalue weighted by Gasteiger charge is -2.31. The van der Waals surface area contributed by atoms with Gasteiger partial charge < -0.3 is 14.8 Å². The van der Waals surface area contributed by atoms with E-state index in [4.69, 9.17) is 9.47 Å². The van der Waals surface area contributed by atoms with Gasteiger partial charge in [0.2, 0.25) is 15.9 Å². The average Bonchev–Trinajstić information content (AvgIpc) is 2.78. The highest BCUT2D eigenvalue weighted by Gasteiger charge is 2.31. The van der Waals surface area contributed by atoms with E-state index in [-0.39, 0.29) is 23.6 Å². The number of nitrogens with one attached hydrogen (secondary N) is 1. The fraction of sp³-hybridized carbons (Fsp3) is 0.435. The highest BCUT2D eigenvalue weighted by atomic mass is 32.2. The van der Waals surface area contributed by atoms with Crippen molar-refractivity contribution in [2.45, 2.75) is 31.6 Å². The summed E-state index contributed by atoms with van der Waals surface area (Å²) in [5.74, 6) is 1.21. The molecule has 0 aliphatic carbocycles. The third-order valence-electron chi connectivity index (χ3n) is 5.36. The SMILES string of the molecule is COc1ccc(OC[C@@H](C)NC(=O)C2CCN(S(=O)(=O)Cc3ccccc3)CC2)cc1. The van der Waals surface area contributed by atoms with E-state index in [9.17, 15) is 13.2 Å². The van der Waals surface area contributed by atoms with E-state index in [1.54, 1.807) is 7.11 Å². The molecule has 1 amide bonds. The Morgan fingerprint density at radius 3 is 2.29 bits per heavy atom. The molecule has 0 unspecified atom stereocenters. The number of sulfonamides is 1. The van der Waals surface area contributed by atoms with Gasteiger partial charge in [0.15, 0.2) is 0 Å². The number of methoxy groups -OCH3 is 1. The van der Waals surface area contributed by atoms with Crippen LogP contribution in [-0.4, -0.2) is 51.5 Å². The maximum Gasteiger partial charge on any atom is 0.223 e. The van der Waals surface area contributed by atoms with Crippen LogP contribution < -0.4 is 14.8 Å². The number of hydrogen-bond donors (Lipinski definition) is 1. The molecule has 0 spiro atoms. The van der Waals surface area contributed by atoms with Gasteiger partial charge in [-0.2, -0.15) is 0 Å². The predicted molar refractivity (Wildman–Crippen MR) is 119 cm³/mol. The minimum Gasteiger partial charge on any atom is -0.497 e. The third kappa shape index (κ3) is 6.70. The average molecular weight is 447 g/mol. The third-order valence-corrected chi connectivity index (χ3v) is 7.21. The molecule has 0 radical (unpaired) electrons. The van der Waals surface area contributed by atoms with E-state index in [0.29, 0.717) is 38.3 Å². The normalized spacial score (nSPS) is 16.5. The summed E-state index contributed by atoms with van der Waals surface area (Å²) in [6, 6.07) is 16.3. The van der Waals surface area contributed by atoms with Crippen LogP contribution in [0.15, 0.2) is 54.6 Å². The molecule has 7 nitrogen and oxygen atoms in total. The van der Waals surface area contributed by atoms with E-state index >= 15 is 0 Å². The summed E-state index contributed by atoms with van der Waals surface area (Å²) in [7, 11) is -1.77. The first kappa shape index (κ1) is 23.1. The van der Waals surface area contributed by atoms with E-state index in [1.807, 2.05) is 61.5 Å². The molecule has 1 atom stereocenters. The second-order valence-electron chi connectivity index (χ2n) is 7.81. The molecule has 2 aromatic carbocycles. The fourth-order valence-electron chi connectivity index (χ4n) is 3.57. The Balaban J connectivity index is 1.42. The van der Waals surface area contributed by atoms with Gasteiger partial charge in [0.1, 0.15) is 18.1 Å². The van der Waals surface area contributed by atoms with Crippen LogP contribution in [0.4, 0.5) is 0 Å². The zero-order valence-corrected chi connectivity index (χ0v) is 18.8. The Labute approximate surface area is 184 Å². The van der Waals surface area contributed by atoms with Crippen LogP contribution in [0.5, 0.6) is 11.5 Å². The summed E-state index contributed by atoms with van der Waals surface area (Å²) >= 11 is 0. The van der Waals surface area contributed by atoms with Gasteiger partial charge in [0.05, 0.1) is 18.9 Å². The van der Waals surface area contributed by atoms with Gasteiger partial charge in [-0.1, -0.05) is 30.3 Å². The van der Waals surface area contributed by atoms with E-state index < -0.39 is 10.0 Å². The molecular weight excluding hydrogens is 416 g/mol. The summed E-state index contributed by atoms with van der Waals surface area (Å²) in [5.41, 5.74) is 0.771. The van der Waals surface area contributed by atoms with E-state index in [1.165, 1.54) is 4.31 Å². The van der Waals surface area contributed by atoms with Crippen molar-refractivity contribution in [3.63, 3.8) is 0 Å². The quantitative estimate of drug-likeness (QED) is 0.640. The molecule has 0 bridgehead atoms. The maximum atomic E-state index is 12.7. The van der Waals surface area contributed by atoms with Crippen molar-refractivity contribution < 1.29 is 22.7 Å². The van der Waals surface area contributed by atoms with Crippen molar-refractivity contribution in [3.8, 4) is 11.5 Å². The van der Waals surface area contributed by atoms with Crippen LogP contribution in [0.3, 0.4) is 0 Å². The van der Waals surface area contributed by atoms with Crippen LogP contribution in [0, 0.1) is 5.92 Å². The number of amides is 1. The lowest BCUT2D eigenvalue weighted by atomic mass is 9.97. The Bertz CT molecular complexity index is 940. The summed E-state index contributed by atoms with van der Waals surface area (Å²) < 4.78 is 37.7. The molecule has 168 valence electrons. The molecule has 1 fully saturated rings. The van der Waals surface area contributed by atoms with Gasteiger partial charge in [-0.05, 0) is 49.6 Å². The molecule has 1 aliphatic heterocycles. The lowest BCUT2D eigenvalue weighted by Crippen LogP contribution is -2.46. The summed E-state index contributed by atoms with van der Waals surface area (Å²) in [5, 5.41) is 2.98. The van der Waals surface area contributed by atoms with Crippen molar-refractivity contribution in [2.75, 3.05) is 26.8 Å². The molecule has 3 rings (SSSR count). The van der Waals surface area contributed by atoms with Gasteiger partial charge in [-0.15, -0.1) is 0 Å². The molecule has 0 saturated carbocycles. The maximum absolute atomic E-state index is 12.7. The Morgan fingerprint density at radius 1 is 1.06 bits per heavy atom. The molecule has 2 aromatic rings. The number of ether oxygens (including phenoxy) is 2. The van der Waals surface area contributed by atoms with Gasteiger partial charge in [0, 0.05) is 19.0 Å². The predicted octanol–water partition coefficient (Wildman–Crippen LogP) is 2.82. The first-order valence-corrected chi connectivity index (χ1v) is 12.1. The lowest BCUT2D eigenvalue weighted by molar-refractivity contribution is -0.126. The molecule has 1 heterocycles. The topological polar surface area (TPSA) is 84.9 Å². The van der Waals surface area contributed by atoms with Gasteiger partial charge in [-0.3, -0.25) is 4.79 Å². The summed E-state index contributed by atoms with van der Waals surface area (Å²) in [4.78, 5) is 12.6. The second-order valence-corrected chi connectivity index (χ2v) is 9.78. The van der Waals surface area contributed by atoms with Crippen LogP contribution in [0.2, 0.25) is 0 Å². The largest absolute Gasteiger partial charge is 0.497 e. The van der Waals surface area contributed by atoms with Crippen LogP contribution in [0.1, 0.15) is 25.3 Å². The number of carbonyl (C=O) groups is 1. The zero-order chi connectivity index (χ0) is 22.3. The molecule has 1 saturated heterocycles. The minimum atomic E-state index is -3.38. The summed E-state index contributed by atoms with van der Waals surface area (Å²) in [6.45, 7) is 2.97. The number of nitrogens with zero attached hydrogens (tertiary/aromatic N) is 1. The van der Waals surface area contributed by atoms with E-state index in [2.05, 4.69) is 5.32 Å². The van der Waals surface area contributed by atoms with Crippen molar-refractivity contribution >= 4 is 15.9 Å². The number of rotatable bonds is 9. The van der Waals surface area contributed by atoms with Gasteiger partial charge in [-0.25, -0.2) is 12.7 Å². The number of benzene rings is 2. The van der Waals surface area contributed by atoms with Gasteiger partial charge in [0.25, 0.3) is 0 Å². The first-order chi connectivity index (χ1) is 14.9. The van der Waals surface area contributed by atoms with Crippen LogP contribution in [0.25, 0.3) is 0 Å². The fourth-order valence-corrected chi connectivity index (χ4v) is 5.13. The molecule has 31 heavy (non-hydrogen) atoms. The number of carbonyl (C=O) groups excluding carboxylic acids is 1. The zero-order valence-electron chi connectivity index (χ0n) is 18.0. The molecular formula is C23H30N2O5S. The molecule has 1 N–H and O–H groups in total. The Hall–Kier alpha value is -2.58. The number of hydrogen-bond acceptors (Lipinski definition) is 5. The van der Waals surface area contributed by atoms with Crippen molar-refractivity contribution in [1.29, 1.82) is 0 Å². The Morgan fingerprint density at radius 2 is 1.68 bits per heavy atom. The van der Waals surface area contributed by atoms with Crippen LogP contribution >= 0.6 is 0 Å². The minimum absolute atomic E-state index is 0.00949. The summed E-state index contributed by atoms with van der Waals surface area (Å²) in [6.07, 6.45) is 1.04. The number of piperidine rings is 1. The first-order valence-electron chi connectivity index (χ1n) is 10.5. The van der Waals surface area contributed by atoms with Gasteiger partial charge >= 0.3 is 0 Å². The van der Waals surface area contributed by atoms with E-state index in [0.717, 1.165) is 11.3 Å².